The van der Waals surface area contributed by atoms with E-state index in [1.54, 1.807) is 5.56 Å². The highest BCUT2D eigenvalue weighted by atomic mass is 14.7. The molecule has 1 aliphatic carbocycles. The van der Waals surface area contributed by atoms with Gasteiger partial charge in [0.15, 0.2) is 0 Å². The molecule has 10 heavy (non-hydrogen) atoms. The van der Waals surface area contributed by atoms with Crippen LogP contribution in [0.15, 0.2) is 12.3 Å². The molecule has 0 amide bonds. The number of aryl methyl sites for hydroxylation is 1. The molecule has 0 spiro atoms. The van der Waals surface area contributed by atoms with Gasteiger partial charge in [-0.25, -0.2) is 0 Å². The van der Waals surface area contributed by atoms with Crippen LogP contribution >= 0.6 is 0 Å². The van der Waals surface area contributed by atoms with Crippen molar-refractivity contribution in [2.45, 2.75) is 32.1 Å². The van der Waals surface area contributed by atoms with Crippen LogP contribution in [0.2, 0.25) is 0 Å². The van der Waals surface area contributed by atoms with Gasteiger partial charge in [-0.2, -0.15) is 0 Å². The molecule has 0 atom stereocenters. The second-order valence-electron chi connectivity index (χ2n) is 3.04. The van der Waals surface area contributed by atoms with Crippen LogP contribution in [-0.4, -0.2) is 4.98 Å². The van der Waals surface area contributed by atoms with Gasteiger partial charge in [-0.3, -0.25) is 0 Å². The first-order valence-electron chi connectivity index (χ1n) is 4.08. The van der Waals surface area contributed by atoms with Gasteiger partial charge in [0, 0.05) is 11.9 Å². The summed E-state index contributed by atoms with van der Waals surface area (Å²) in [6.07, 6.45) is 6.03. The number of H-pyrrole nitrogens is 1. The molecule has 54 valence electrons. The maximum atomic E-state index is 3.28. The van der Waals surface area contributed by atoms with Crippen molar-refractivity contribution in [1.82, 2.24) is 4.98 Å². The first kappa shape index (κ1) is 6.02. The summed E-state index contributed by atoms with van der Waals surface area (Å²) in [5.41, 5.74) is 3.02. The smallest absolute Gasteiger partial charge is 0.0179 e. The van der Waals surface area contributed by atoms with Gasteiger partial charge in [0.25, 0.3) is 0 Å². The Balaban J connectivity index is 2.28. The summed E-state index contributed by atoms with van der Waals surface area (Å²) in [5, 5.41) is 0. The lowest BCUT2D eigenvalue weighted by Gasteiger charge is -1.96. The lowest BCUT2D eigenvalue weighted by atomic mass is 10.1. The van der Waals surface area contributed by atoms with Gasteiger partial charge in [-0.1, -0.05) is 6.92 Å². The summed E-state index contributed by atoms with van der Waals surface area (Å²) in [6.45, 7) is 2.21. The highest BCUT2D eigenvalue weighted by Gasteiger charge is 2.25. The molecule has 0 saturated heterocycles. The predicted octanol–water partition coefficient (Wildman–Crippen LogP) is 2.45. The molecule has 1 aromatic heterocycles. The molecule has 0 unspecified atom stereocenters. The lowest BCUT2D eigenvalue weighted by Crippen LogP contribution is -1.85. The van der Waals surface area contributed by atoms with E-state index in [0.29, 0.717) is 0 Å². The highest BCUT2D eigenvalue weighted by Crippen LogP contribution is 2.41. The highest BCUT2D eigenvalue weighted by molar-refractivity contribution is 5.28. The second kappa shape index (κ2) is 2.15. The van der Waals surface area contributed by atoms with E-state index in [-0.39, 0.29) is 0 Å². The van der Waals surface area contributed by atoms with E-state index >= 15 is 0 Å². The third-order valence-corrected chi connectivity index (χ3v) is 2.24. The fourth-order valence-corrected chi connectivity index (χ4v) is 1.50. The fourth-order valence-electron chi connectivity index (χ4n) is 1.50. The number of hydrogen-bond donors (Lipinski definition) is 1. The average molecular weight is 135 g/mol. The number of hydrogen-bond acceptors (Lipinski definition) is 0. The Bertz CT molecular complexity index is 220. The van der Waals surface area contributed by atoms with Gasteiger partial charge in [-0.05, 0) is 36.8 Å². The van der Waals surface area contributed by atoms with Gasteiger partial charge >= 0.3 is 0 Å². The molecule has 1 heteroatoms. The summed E-state index contributed by atoms with van der Waals surface area (Å²) >= 11 is 0. The van der Waals surface area contributed by atoms with E-state index in [1.807, 2.05) is 0 Å². The Hall–Kier alpha value is -0.720. The first-order valence-corrected chi connectivity index (χ1v) is 4.08. The van der Waals surface area contributed by atoms with Gasteiger partial charge in [0.05, 0.1) is 0 Å². The maximum absolute atomic E-state index is 3.28. The molecule has 1 aromatic rings. The van der Waals surface area contributed by atoms with Crippen LogP contribution in [-0.2, 0) is 6.42 Å². The number of nitrogens with one attached hydrogen (secondary N) is 1. The van der Waals surface area contributed by atoms with E-state index < -0.39 is 0 Å². The molecule has 1 heterocycles. The van der Waals surface area contributed by atoms with Crippen molar-refractivity contribution in [3.05, 3.63) is 23.5 Å². The number of aromatic nitrogens is 1. The Labute approximate surface area is 61.5 Å². The molecule has 1 aliphatic rings. The summed E-state index contributed by atoms with van der Waals surface area (Å²) < 4.78 is 0. The van der Waals surface area contributed by atoms with Gasteiger partial charge in [0.2, 0.25) is 0 Å². The molecule has 1 fully saturated rings. The third-order valence-electron chi connectivity index (χ3n) is 2.24. The lowest BCUT2D eigenvalue weighted by molar-refractivity contribution is 0.995. The molecular formula is C9H13N. The van der Waals surface area contributed by atoms with E-state index in [0.717, 1.165) is 12.3 Å². The molecule has 1 nitrogen and oxygen atoms in total. The molecule has 1 N–H and O–H groups in total. The Morgan fingerprint density at radius 3 is 3.00 bits per heavy atom. The fraction of sp³-hybridized carbons (Fsp3) is 0.556. The molecular weight excluding hydrogens is 122 g/mol. The first-order chi connectivity index (χ1) is 4.92. The van der Waals surface area contributed by atoms with E-state index in [1.165, 1.54) is 18.5 Å². The zero-order valence-corrected chi connectivity index (χ0v) is 6.35. The third kappa shape index (κ3) is 0.859. The van der Waals surface area contributed by atoms with E-state index in [4.69, 9.17) is 0 Å². The summed E-state index contributed by atoms with van der Waals surface area (Å²) in [5.74, 6) is 0.904. The van der Waals surface area contributed by atoms with Crippen LogP contribution in [0, 0.1) is 0 Å². The van der Waals surface area contributed by atoms with Crippen molar-refractivity contribution in [2.24, 2.45) is 0 Å². The quantitative estimate of drug-likeness (QED) is 0.641. The van der Waals surface area contributed by atoms with Crippen LogP contribution in [0.4, 0.5) is 0 Å². The van der Waals surface area contributed by atoms with Crippen molar-refractivity contribution in [3.8, 4) is 0 Å². The molecule has 0 aliphatic heterocycles. The molecule has 0 aromatic carbocycles. The van der Waals surface area contributed by atoms with Crippen molar-refractivity contribution in [2.75, 3.05) is 0 Å². The van der Waals surface area contributed by atoms with Crippen LogP contribution in [0.3, 0.4) is 0 Å². The van der Waals surface area contributed by atoms with Crippen LogP contribution < -0.4 is 0 Å². The summed E-state index contributed by atoms with van der Waals surface area (Å²) in [7, 11) is 0. The molecule has 0 bridgehead atoms. The standard InChI is InChI=1S/C9H13N/c1-2-9-8(5-6-10-9)7-3-4-7/h5-7,10H,2-4H2,1H3. The minimum Gasteiger partial charge on any atom is -0.365 e. The zero-order chi connectivity index (χ0) is 6.97. The zero-order valence-electron chi connectivity index (χ0n) is 6.35. The summed E-state index contributed by atoms with van der Waals surface area (Å²) in [6, 6.07) is 2.23. The van der Waals surface area contributed by atoms with E-state index in [2.05, 4.69) is 24.2 Å². The largest absolute Gasteiger partial charge is 0.365 e. The van der Waals surface area contributed by atoms with Crippen LogP contribution in [0.1, 0.15) is 36.9 Å². The Morgan fingerprint density at radius 2 is 2.40 bits per heavy atom. The van der Waals surface area contributed by atoms with Crippen LogP contribution in [0.25, 0.3) is 0 Å². The molecule has 1 saturated carbocycles. The molecule has 2 rings (SSSR count). The SMILES string of the molecule is CCc1[nH]ccc1C1CC1. The van der Waals surface area contributed by atoms with E-state index in [9.17, 15) is 0 Å². The minimum absolute atomic E-state index is 0.904. The minimum atomic E-state index is 0.904. The monoisotopic (exact) mass is 135 g/mol. The summed E-state index contributed by atoms with van der Waals surface area (Å²) in [4.78, 5) is 3.28. The molecule has 0 radical (unpaired) electrons. The maximum Gasteiger partial charge on any atom is 0.0179 e. The van der Waals surface area contributed by atoms with Crippen molar-refractivity contribution < 1.29 is 0 Å². The van der Waals surface area contributed by atoms with Crippen LogP contribution in [0.5, 0.6) is 0 Å². The number of aromatic amines is 1. The van der Waals surface area contributed by atoms with Crippen molar-refractivity contribution >= 4 is 0 Å². The predicted molar refractivity (Wildman–Crippen MR) is 42.1 cm³/mol. The van der Waals surface area contributed by atoms with Crippen molar-refractivity contribution in [1.29, 1.82) is 0 Å². The normalized spacial score (nSPS) is 17.7. The average Bonchev–Trinajstić information content (AvgIpc) is 2.69. The number of rotatable bonds is 2. The Morgan fingerprint density at radius 1 is 1.60 bits per heavy atom. The van der Waals surface area contributed by atoms with Crippen molar-refractivity contribution in [3.63, 3.8) is 0 Å². The van der Waals surface area contributed by atoms with Gasteiger partial charge in [-0.15, -0.1) is 0 Å². The van der Waals surface area contributed by atoms with Gasteiger partial charge < -0.3 is 4.98 Å². The Kier molecular flexibility index (Phi) is 1.30. The topological polar surface area (TPSA) is 15.8 Å². The second-order valence-corrected chi connectivity index (χ2v) is 3.04. The van der Waals surface area contributed by atoms with Gasteiger partial charge in [0.1, 0.15) is 0 Å².